The number of carbonyl (C=O) groups excluding carboxylic acids is 2. The van der Waals surface area contributed by atoms with Gasteiger partial charge >= 0.3 is 0 Å². The maximum Gasteiger partial charge on any atom is 0.227 e. The first kappa shape index (κ1) is 20.1. The first-order valence-corrected chi connectivity index (χ1v) is 10.1. The molecule has 1 saturated heterocycles. The Morgan fingerprint density at radius 1 is 1.17 bits per heavy atom. The number of hydrogen-bond acceptors (Lipinski definition) is 3. The predicted octanol–water partition coefficient (Wildman–Crippen LogP) is 3.58. The Morgan fingerprint density at radius 3 is 2.57 bits per heavy atom. The second-order valence-corrected chi connectivity index (χ2v) is 8.10. The zero-order valence-electron chi connectivity index (χ0n) is 17.3. The summed E-state index contributed by atoms with van der Waals surface area (Å²) in [6.45, 7) is 4.21. The third-order valence-corrected chi connectivity index (χ3v) is 5.70. The van der Waals surface area contributed by atoms with Crippen LogP contribution in [-0.2, 0) is 16.6 Å². The molecule has 1 aromatic heterocycles. The summed E-state index contributed by atoms with van der Waals surface area (Å²) in [4.78, 5) is 31.6. The van der Waals surface area contributed by atoms with Crippen LogP contribution >= 0.6 is 0 Å². The number of nitrogens with one attached hydrogen (secondary N) is 1. The van der Waals surface area contributed by atoms with E-state index in [9.17, 15) is 14.0 Å². The summed E-state index contributed by atoms with van der Waals surface area (Å²) in [7, 11) is 1.94. The van der Waals surface area contributed by atoms with E-state index in [-0.39, 0.29) is 42.4 Å². The van der Waals surface area contributed by atoms with E-state index in [1.165, 1.54) is 11.0 Å². The molecule has 0 radical (unpaired) electrons. The lowest BCUT2D eigenvalue weighted by Crippen LogP contribution is -2.38. The molecule has 0 bridgehead atoms. The van der Waals surface area contributed by atoms with Gasteiger partial charge in [0, 0.05) is 20.0 Å². The Labute approximate surface area is 174 Å². The van der Waals surface area contributed by atoms with Crippen molar-refractivity contribution in [1.82, 2.24) is 14.9 Å². The summed E-state index contributed by atoms with van der Waals surface area (Å²) < 4.78 is 16.1. The van der Waals surface area contributed by atoms with Crippen LogP contribution < -0.4 is 10.2 Å². The average Bonchev–Trinajstić information content (AvgIpc) is 3.27. The third-order valence-electron chi connectivity index (χ3n) is 5.70. The molecule has 2 aromatic carbocycles. The fraction of sp³-hybridized carbons (Fsp3) is 0.348. The van der Waals surface area contributed by atoms with Gasteiger partial charge in [0.25, 0.3) is 0 Å². The second kappa shape index (κ2) is 7.89. The smallest absolute Gasteiger partial charge is 0.227 e. The van der Waals surface area contributed by atoms with Crippen LogP contribution in [-0.4, -0.2) is 27.9 Å². The van der Waals surface area contributed by atoms with Crippen molar-refractivity contribution in [3.05, 3.63) is 60.2 Å². The molecule has 0 saturated carbocycles. The Kier molecular flexibility index (Phi) is 5.28. The van der Waals surface area contributed by atoms with Gasteiger partial charge < -0.3 is 14.8 Å². The molecule has 1 aliphatic rings. The van der Waals surface area contributed by atoms with Crippen LogP contribution in [0.15, 0.2) is 48.5 Å². The van der Waals surface area contributed by atoms with Gasteiger partial charge in [0.2, 0.25) is 11.8 Å². The minimum absolute atomic E-state index is 0.0630. The van der Waals surface area contributed by atoms with Crippen molar-refractivity contribution >= 4 is 28.5 Å². The van der Waals surface area contributed by atoms with Crippen LogP contribution in [0.4, 0.5) is 10.1 Å². The number of carbonyl (C=O) groups is 2. The molecule has 7 heteroatoms. The first-order chi connectivity index (χ1) is 14.4. The number of fused-ring (bicyclic) bond motifs is 1. The third kappa shape index (κ3) is 3.56. The van der Waals surface area contributed by atoms with Gasteiger partial charge in [-0.25, -0.2) is 9.37 Å². The normalized spacial score (nSPS) is 17.7. The van der Waals surface area contributed by atoms with Gasteiger partial charge in [0.05, 0.1) is 28.7 Å². The number of halogens is 1. The highest BCUT2D eigenvalue weighted by molar-refractivity contribution is 6.00. The summed E-state index contributed by atoms with van der Waals surface area (Å²) in [6.07, 6.45) is 0.0630. The fourth-order valence-corrected chi connectivity index (χ4v) is 4.03. The van der Waals surface area contributed by atoms with Crippen LogP contribution in [0.2, 0.25) is 0 Å². The number of para-hydroxylation sites is 3. The summed E-state index contributed by atoms with van der Waals surface area (Å²) in [5.74, 6) is -0.587. The van der Waals surface area contributed by atoms with Crippen LogP contribution in [0.25, 0.3) is 11.0 Å². The van der Waals surface area contributed by atoms with Crippen molar-refractivity contribution in [1.29, 1.82) is 0 Å². The van der Waals surface area contributed by atoms with E-state index in [0.29, 0.717) is 0 Å². The molecule has 0 aliphatic carbocycles. The SMILES string of the molecule is CC(C)[C@H](NC(=O)C1CC(=O)N(c2ccccc2F)C1)c1nc2ccccc2n1C. The van der Waals surface area contributed by atoms with Crippen LogP contribution in [0.1, 0.15) is 32.1 Å². The molecule has 2 atom stereocenters. The Morgan fingerprint density at radius 2 is 1.87 bits per heavy atom. The van der Waals surface area contributed by atoms with Crippen molar-refractivity contribution in [3.63, 3.8) is 0 Å². The number of amides is 2. The zero-order chi connectivity index (χ0) is 21.4. The van der Waals surface area contributed by atoms with E-state index < -0.39 is 11.7 Å². The van der Waals surface area contributed by atoms with E-state index >= 15 is 0 Å². The quantitative estimate of drug-likeness (QED) is 0.702. The fourth-order valence-electron chi connectivity index (χ4n) is 4.03. The largest absolute Gasteiger partial charge is 0.346 e. The highest BCUT2D eigenvalue weighted by Crippen LogP contribution is 2.29. The van der Waals surface area contributed by atoms with E-state index in [1.54, 1.807) is 18.2 Å². The van der Waals surface area contributed by atoms with Crippen molar-refractivity contribution in [2.24, 2.45) is 18.9 Å². The van der Waals surface area contributed by atoms with Gasteiger partial charge in [-0.2, -0.15) is 0 Å². The lowest BCUT2D eigenvalue weighted by atomic mass is 10.0. The molecule has 1 unspecified atom stereocenters. The standard InChI is InChI=1S/C23H25FN4O2/c1-14(2)21(22-25-17-9-5-7-11-19(17)27(22)3)26-23(30)15-12-20(29)28(13-15)18-10-6-4-8-16(18)24/h4-11,14-15,21H,12-13H2,1-3H3,(H,26,30)/t15?,21-/m0/s1. The Hall–Kier alpha value is -3.22. The molecule has 1 N–H and O–H groups in total. The Bertz CT molecular complexity index is 1110. The average molecular weight is 408 g/mol. The molecule has 156 valence electrons. The van der Waals surface area contributed by atoms with E-state index in [0.717, 1.165) is 16.9 Å². The molecule has 0 spiro atoms. The maximum absolute atomic E-state index is 14.1. The summed E-state index contributed by atoms with van der Waals surface area (Å²) >= 11 is 0. The highest BCUT2D eigenvalue weighted by Gasteiger charge is 2.37. The van der Waals surface area contributed by atoms with Gasteiger partial charge in [-0.05, 0) is 30.2 Å². The lowest BCUT2D eigenvalue weighted by Gasteiger charge is -2.24. The number of aryl methyl sites for hydroxylation is 1. The number of benzene rings is 2. The summed E-state index contributed by atoms with van der Waals surface area (Å²) in [5.41, 5.74) is 2.08. The van der Waals surface area contributed by atoms with Crippen molar-refractivity contribution in [2.75, 3.05) is 11.4 Å². The molecule has 2 heterocycles. The van der Waals surface area contributed by atoms with Gasteiger partial charge in [0.1, 0.15) is 11.6 Å². The highest BCUT2D eigenvalue weighted by atomic mass is 19.1. The number of aromatic nitrogens is 2. The van der Waals surface area contributed by atoms with Crippen LogP contribution in [0.5, 0.6) is 0 Å². The molecule has 30 heavy (non-hydrogen) atoms. The summed E-state index contributed by atoms with van der Waals surface area (Å²) in [5, 5.41) is 3.09. The van der Waals surface area contributed by atoms with Crippen molar-refractivity contribution in [3.8, 4) is 0 Å². The van der Waals surface area contributed by atoms with Crippen molar-refractivity contribution < 1.29 is 14.0 Å². The topological polar surface area (TPSA) is 67.2 Å². The van der Waals surface area contributed by atoms with Gasteiger partial charge in [-0.1, -0.05) is 38.1 Å². The minimum Gasteiger partial charge on any atom is -0.346 e. The number of anilines is 1. The first-order valence-electron chi connectivity index (χ1n) is 10.1. The van der Waals surface area contributed by atoms with Gasteiger partial charge in [-0.15, -0.1) is 0 Å². The number of imidazole rings is 1. The molecule has 3 aromatic rings. The maximum atomic E-state index is 14.1. The second-order valence-electron chi connectivity index (χ2n) is 8.10. The van der Waals surface area contributed by atoms with E-state index in [2.05, 4.69) is 5.32 Å². The Balaban J connectivity index is 1.55. The predicted molar refractivity (Wildman–Crippen MR) is 113 cm³/mol. The monoisotopic (exact) mass is 408 g/mol. The molecule has 2 amide bonds. The lowest BCUT2D eigenvalue weighted by molar-refractivity contribution is -0.127. The van der Waals surface area contributed by atoms with Crippen molar-refractivity contribution in [2.45, 2.75) is 26.3 Å². The molecule has 1 fully saturated rings. The molecular formula is C23H25FN4O2. The molecular weight excluding hydrogens is 383 g/mol. The minimum atomic E-state index is -0.534. The molecule has 1 aliphatic heterocycles. The van der Waals surface area contributed by atoms with Gasteiger partial charge in [-0.3, -0.25) is 9.59 Å². The number of hydrogen-bond donors (Lipinski definition) is 1. The zero-order valence-corrected chi connectivity index (χ0v) is 17.3. The number of rotatable bonds is 5. The summed E-state index contributed by atoms with van der Waals surface area (Å²) in [6, 6.07) is 13.7. The van der Waals surface area contributed by atoms with E-state index in [1.807, 2.05) is 49.7 Å². The molecule has 4 rings (SSSR count). The van der Waals surface area contributed by atoms with Crippen LogP contribution in [0.3, 0.4) is 0 Å². The van der Waals surface area contributed by atoms with Crippen LogP contribution in [0, 0.1) is 17.7 Å². The molecule has 6 nitrogen and oxygen atoms in total. The van der Waals surface area contributed by atoms with Gasteiger partial charge in [0.15, 0.2) is 0 Å². The number of nitrogens with zero attached hydrogens (tertiary/aromatic N) is 3. The van der Waals surface area contributed by atoms with E-state index in [4.69, 9.17) is 4.98 Å².